The van der Waals surface area contributed by atoms with Crippen molar-refractivity contribution in [3.63, 3.8) is 0 Å². The van der Waals surface area contributed by atoms with E-state index in [0.717, 1.165) is 22.0 Å². The van der Waals surface area contributed by atoms with E-state index < -0.39 is 5.78 Å². The van der Waals surface area contributed by atoms with Gasteiger partial charge in [-0.3, -0.25) is 9.59 Å². The Labute approximate surface area is 87.1 Å². The fraction of sp³-hybridized carbons (Fsp3) is 0.167. The van der Waals surface area contributed by atoms with E-state index >= 15 is 0 Å². The number of nitrogens with one attached hydrogen (secondary N) is 1. The van der Waals surface area contributed by atoms with E-state index in [-0.39, 0.29) is 0 Å². The van der Waals surface area contributed by atoms with E-state index in [1.54, 1.807) is 6.20 Å². The van der Waals surface area contributed by atoms with Crippen molar-refractivity contribution in [3.8, 4) is 0 Å². The zero-order valence-electron chi connectivity index (χ0n) is 8.63. The fourth-order valence-corrected chi connectivity index (χ4v) is 1.76. The van der Waals surface area contributed by atoms with E-state index in [1.807, 2.05) is 26.0 Å². The Kier molecular flexibility index (Phi) is 2.15. The zero-order chi connectivity index (χ0) is 11.0. The largest absolute Gasteiger partial charge is 0.360 e. The highest BCUT2D eigenvalue weighted by Gasteiger charge is 2.13. The first-order valence-corrected chi connectivity index (χ1v) is 4.72. The summed E-state index contributed by atoms with van der Waals surface area (Å²) in [5.41, 5.74) is 3.51. The number of aromatic amines is 1. The number of benzene rings is 1. The van der Waals surface area contributed by atoms with Crippen molar-refractivity contribution in [1.29, 1.82) is 0 Å². The summed E-state index contributed by atoms with van der Waals surface area (Å²) in [7, 11) is 0. The summed E-state index contributed by atoms with van der Waals surface area (Å²) in [4.78, 5) is 24.8. The lowest BCUT2D eigenvalue weighted by atomic mass is 10.0. The van der Waals surface area contributed by atoms with Crippen LogP contribution in [0.2, 0.25) is 0 Å². The number of Topliss-reactive ketones (excluding diaryl/α,β-unsaturated/α-hetero) is 1. The Morgan fingerprint density at radius 2 is 2.07 bits per heavy atom. The quantitative estimate of drug-likeness (QED) is 0.460. The normalized spacial score (nSPS) is 10.5. The second-order valence-corrected chi connectivity index (χ2v) is 3.61. The van der Waals surface area contributed by atoms with E-state index in [9.17, 15) is 9.59 Å². The average Bonchev–Trinajstić information content (AvgIpc) is 2.67. The van der Waals surface area contributed by atoms with Gasteiger partial charge in [-0.15, -0.1) is 0 Å². The molecule has 15 heavy (non-hydrogen) atoms. The number of rotatable bonds is 2. The van der Waals surface area contributed by atoms with Gasteiger partial charge in [-0.1, -0.05) is 6.07 Å². The number of aromatic nitrogens is 1. The van der Waals surface area contributed by atoms with Gasteiger partial charge in [-0.2, -0.15) is 0 Å². The van der Waals surface area contributed by atoms with Gasteiger partial charge in [0, 0.05) is 17.1 Å². The molecule has 1 heterocycles. The lowest BCUT2D eigenvalue weighted by Crippen LogP contribution is -1.99. The minimum absolute atomic E-state index is 0.352. The second-order valence-electron chi connectivity index (χ2n) is 3.61. The number of hydrogen-bond acceptors (Lipinski definition) is 2. The number of aryl methyl sites for hydroxylation is 2. The number of ketones is 1. The number of aldehydes is 1. The molecule has 0 atom stereocenters. The molecule has 0 bridgehead atoms. The summed E-state index contributed by atoms with van der Waals surface area (Å²) >= 11 is 0. The third-order valence-electron chi connectivity index (χ3n) is 2.75. The van der Waals surface area contributed by atoms with Gasteiger partial charge in [-0.05, 0) is 31.0 Å². The number of carbonyl (C=O) groups is 2. The molecule has 0 aliphatic rings. The van der Waals surface area contributed by atoms with Gasteiger partial charge >= 0.3 is 0 Å². The van der Waals surface area contributed by atoms with Crippen molar-refractivity contribution in [1.82, 2.24) is 4.98 Å². The molecular weight excluding hydrogens is 190 g/mol. The fourth-order valence-electron chi connectivity index (χ4n) is 1.76. The van der Waals surface area contributed by atoms with Crippen LogP contribution >= 0.6 is 0 Å². The molecule has 3 nitrogen and oxygen atoms in total. The molecule has 0 spiro atoms. The van der Waals surface area contributed by atoms with Gasteiger partial charge in [0.1, 0.15) is 0 Å². The van der Waals surface area contributed by atoms with Gasteiger partial charge in [0.15, 0.2) is 6.29 Å². The van der Waals surface area contributed by atoms with Gasteiger partial charge in [0.25, 0.3) is 0 Å². The van der Waals surface area contributed by atoms with E-state index in [1.165, 1.54) is 0 Å². The van der Waals surface area contributed by atoms with Crippen molar-refractivity contribution in [2.45, 2.75) is 13.8 Å². The summed E-state index contributed by atoms with van der Waals surface area (Å²) in [6.07, 6.45) is 1.94. The van der Waals surface area contributed by atoms with Crippen LogP contribution in [-0.4, -0.2) is 17.1 Å². The molecule has 0 unspecified atom stereocenters. The maximum Gasteiger partial charge on any atom is 0.227 e. The molecule has 0 aliphatic carbocycles. The first-order valence-electron chi connectivity index (χ1n) is 4.72. The highest BCUT2D eigenvalue weighted by atomic mass is 16.2. The number of hydrogen-bond donors (Lipinski definition) is 1. The highest BCUT2D eigenvalue weighted by Crippen LogP contribution is 2.24. The molecule has 1 aromatic heterocycles. The van der Waals surface area contributed by atoms with E-state index in [0.29, 0.717) is 11.8 Å². The summed E-state index contributed by atoms with van der Waals surface area (Å²) in [5, 5.41) is 0.854. The molecule has 3 heteroatoms. The van der Waals surface area contributed by atoms with Gasteiger partial charge in [0.05, 0.1) is 5.56 Å². The number of fused-ring (bicyclic) bond motifs is 1. The molecule has 0 fully saturated rings. The minimum atomic E-state index is -0.477. The van der Waals surface area contributed by atoms with Crippen molar-refractivity contribution >= 4 is 23.0 Å². The van der Waals surface area contributed by atoms with Crippen LogP contribution in [0.15, 0.2) is 18.3 Å². The predicted molar refractivity (Wildman–Crippen MR) is 58.2 cm³/mol. The maximum atomic E-state index is 11.4. The minimum Gasteiger partial charge on any atom is -0.360 e. The molecule has 2 aromatic rings. The molecule has 76 valence electrons. The second kappa shape index (κ2) is 3.35. The first kappa shape index (κ1) is 9.65. The topological polar surface area (TPSA) is 49.9 Å². The smallest absolute Gasteiger partial charge is 0.227 e. The van der Waals surface area contributed by atoms with E-state index in [2.05, 4.69) is 4.98 Å². The Hall–Kier alpha value is -1.90. The Morgan fingerprint density at radius 3 is 2.73 bits per heavy atom. The SMILES string of the molecule is Cc1ccc2[nH]cc(C(=O)C=O)c2c1C. The van der Waals surface area contributed by atoms with Gasteiger partial charge < -0.3 is 4.98 Å². The van der Waals surface area contributed by atoms with Gasteiger partial charge in [-0.25, -0.2) is 0 Å². The van der Waals surface area contributed by atoms with Crippen LogP contribution in [0.5, 0.6) is 0 Å². The Balaban J connectivity index is 2.83. The van der Waals surface area contributed by atoms with Gasteiger partial charge in [0.2, 0.25) is 5.78 Å². The molecule has 1 N–H and O–H groups in total. The summed E-state index contributed by atoms with van der Waals surface area (Å²) in [6.45, 7) is 3.93. The lowest BCUT2D eigenvalue weighted by molar-refractivity contribution is -0.104. The molecule has 1 aromatic carbocycles. The van der Waals surface area contributed by atoms with Crippen LogP contribution in [-0.2, 0) is 4.79 Å². The van der Waals surface area contributed by atoms with Crippen LogP contribution in [0.1, 0.15) is 21.5 Å². The number of carbonyl (C=O) groups excluding carboxylic acids is 2. The van der Waals surface area contributed by atoms with E-state index in [4.69, 9.17) is 0 Å². The third kappa shape index (κ3) is 1.36. The average molecular weight is 201 g/mol. The monoisotopic (exact) mass is 201 g/mol. The third-order valence-corrected chi connectivity index (χ3v) is 2.75. The van der Waals surface area contributed by atoms with Crippen molar-refractivity contribution in [2.24, 2.45) is 0 Å². The van der Waals surface area contributed by atoms with Crippen LogP contribution in [0.3, 0.4) is 0 Å². The molecule has 0 aliphatic heterocycles. The zero-order valence-corrected chi connectivity index (χ0v) is 8.63. The van der Waals surface area contributed by atoms with Crippen LogP contribution in [0.25, 0.3) is 10.9 Å². The van der Waals surface area contributed by atoms with Crippen LogP contribution in [0, 0.1) is 13.8 Å². The van der Waals surface area contributed by atoms with Crippen molar-refractivity contribution in [2.75, 3.05) is 0 Å². The van der Waals surface area contributed by atoms with Crippen molar-refractivity contribution in [3.05, 3.63) is 35.0 Å². The highest BCUT2D eigenvalue weighted by molar-refractivity contribution is 6.36. The molecule has 2 rings (SSSR count). The maximum absolute atomic E-state index is 11.4. The van der Waals surface area contributed by atoms with Crippen LogP contribution in [0.4, 0.5) is 0 Å². The summed E-state index contributed by atoms with van der Waals surface area (Å²) < 4.78 is 0. The molecule has 0 amide bonds. The summed E-state index contributed by atoms with van der Waals surface area (Å²) in [5.74, 6) is -0.477. The molecule has 0 saturated carbocycles. The molecule has 0 saturated heterocycles. The van der Waals surface area contributed by atoms with Crippen LogP contribution < -0.4 is 0 Å². The Morgan fingerprint density at radius 1 is 1.33 bits per heavy atom. The molecule has 0 radical (unpaired) electrons. The van der Waals surface area contributed by atoms with Crippen molar-refractivity contribution < 1.29 is 9.59 Å². The summed E-state index contributed by atoms with van der Waals surface area (Å²) in [6, 6.07) is 3.91. The first-order chi connectivity index (χ1) is 7.15. The Bertz CT molecular complexity index is 552. The number of H-pyrrole nitrogens is 1. The predicted octanol–water partition coefficient (Wildman–Crippen LogP) is 2.17. The standard InChI is InChI=1S/C12H11NO2/c1-7-3-4-10-12(8(7)2)9(5-13-10)11(15)6-14/h3-6,13H,1-2H3. The lowest BCUT2D eigenvalue weighted by Gasteiger charge is -2.02. The molecular formula is C12H11NO2.